The first-order valence-corrected chi connectivity index (χ1v) is 12.3. The lowest BCUT2D eigenvalue weighted by atomic mass is 10.0. The van der Waals surface area contributed by atoms with Crippen LogP contribution in [0.3, 0.4) is 0 Å². The Morgan fingerprint density at radius 3 is 2.40 bits per heavy atom. The van der Waals surface area contributed by atoms with Crippen molar-refractivity contribution in [2.24, 2.45) is 13.0 Å². The molecule has 0 atom stereocenters. The zero-order chi connectivity index (χ0) is 24.3. The summed E-state index contributed by atoms with van der Waals surface area (Å²) in [6.07, 6.45) is 0.940. The molecule has 0 amide bonds. The van der Waals surface area contributed by atoms with E-state index in [2.05, 4.69) is 117 Å². The number of aryl methyl sites for hydroxylation is 3. The molecule has 0 aliphatic heterocycles. The van der Waals surface area contributed by atoms with Gasteiger partial charge in [0.15, 0.2) is 16.6 Å². The monoisotopic (exact) mass is 460 g/mol. The average molecular weight is 461 g/mol. The van der Waals surface area contributed by atoms with E-state index in [4.69, 9.17) is 9.40 Å². The third-order valence-corrected chi connectivity index (χ3v) is 6.98. The van der Waals surface area contributed by atoms with Crippen molar-refractivity contribution in [3.8, 4) is 17.1 Å². The number of fused-ring (bicyclic) bond motifs is 4. The van der Waals surface area contributed by atoms with Crippen molar-refractivity contribution in [1.29, 1.82) is 0 Å². The molecule has 174 valence electrons. The molecule has 0 saturated carbocycles. The van der Waals surface area contributed by atoms with E-state index in [1.807, 2.05) is 0 Å². The van der Waals surface area contributed by atoms with Gasteiger partial charge in [0.2, 0.25) is 5.71 Å². The number of hydrogen-bond donors (Lipinski definition) is 0. The zero-order valence-corrected chi connectivity index (χ0v) is 21.0. The molecule has 0 unspecified atom stereocenters. The molecule has 0 radical (unpaired) electrons. The fourth-order valence-electron chi connectivity index (χ4n) is 5.32. The minimum absolute atomic E-state index is 0.547. The predicted molar refractivity (Wildman–Crippen MR) is 143 cm³/mol. The van der Waals surface area contributed by atoms with E-state index in [1.54, 1.807) is 0 Å². The quantitative estimate of drug-likeness (QED) is 0.260. The molecule has 6 aromatic rings. The van der Waals surface area contributed by atoms with Gasteiger partial charge in [-0.15, -0.1) is 0 Å². The van der Waals surface area contributed by atoms with Crippen LogP contribution in [0.5, 0.6) is 0 Å². The fraction of sp³-hybridized carbons (Fsp3) is 0.226. The topological polar surface area (TPSA) is 34.8 Å². The van der Waals surface area contributed by atoms with Crippen molar-refractivity contribution in [3.05, 3.63) is 89.6 Å². The van der Waals surface area contributed by atoms with Crippen LogP contribution in [0.1, 0.15) is 30.7 Å². The van der Waals surface area contributed by atoms with Gasteiger partial charge in [0, 0.05) is 16.5 Å². The van der Waals surface area contributed by atoms with Crippen LogP contribution in [0.15, 0.2) is 77.2 Å². The van der Waals surface area contributed by atoms with Crippen molar-refractivity contribution in [3.63, 3.8) is 0 Å². The lowest BCUT2D eigenvalue weighted by molar-refractivity contribution is -0.633. The number of rotatable bonds is 4. The van der Waals surface area contributed by atoms with Gasteiger partial charge in [-0.2, -0.15) is 4.57 Å². The summed E-state index contributed by atoms with van der Waals surface area (Å²) in [5.74, 6) is 1.65. The molecular weight excluding hydrogens is 430 g/mol. The van der Waals surface area contributed by atoms with E-state index in [1.165, 1.54) is 27.8 Å². The van der Waals surface area contributed by atoms with Crippen LogP contribution in [0.25, 0.3) is 50.2 Å². The first-order chi connectivity index (χ1) is 16.9. The number of hydrogen-bond acceptors (Lipinski definition) is 2. The molecule has 3 aromatic heterocycles. The maximum Gasteiger partial charge on any atom is 0.298 e. The van der Waals surface area contributed by atoms with Crippen LogP contribution in [-0.4, -0.2) is 9.55 Å². The van der Waals surface area contributed by atoms with E-state index >= 15 is 0 Å². The standard InChI is InChI=1S/C31H30N3O/c1-19(2)18-22-15-17-24-23-16-14-21(4)28(29(23)35-30(24)32-22)31-33(5)26-12-8-9-13-27(26)34(31)25-11-7-6-10-20(25)3/h6-17,19H,18H2,1-5H3/q+1. The van der Waals surface area contributed by atoms with Gasteiger partial charge in [0.1, 0.15) is 11.3 Å². The first-order valence-electron chi connectivity index (χ1n) is 12.3. The predicted octanol–water partition coefficient (Wildman–Crippen LogP) is 7.23. The summed E-state index contributed by atoms with van der Waals surface area (Å²) in [5.41, 5.74) is 9.70. The molecule has 6 rings (SSSR count). The van der Waals surface area contributed by atoms with Crippen molar-refractivity contribution in [2.75, 3.05) is 0 Å². The summed E-state index contributed by atoms with van der Waals surface area (Å²) in [6, 6.07) is 25.8. The summed E-state index contributed by atoms with van der Waals surface area (Å²) < 4.78 is 11.2. The van der Waals surface area contributed by atoms with E-state index < -0.39 is 0 Å². The summed E-state index contributed by atoms with van der Waals surface area (Å²) in [4.78, 5) is 4.90. The lowest BCUT2D eigenvalue weighted by Crippen LogP contribution is -2.30. The molecule has 4 nitrogen and oxygen atoms in total. The Bertz CT molecular complexity index is 1740. The zero-order valence-electron chi connectivity index (χ0n) is 21.0. The molecule has 3 aromatic carbocycles. The van der Waals surface area contributed by atoms with Gasteiger partial charge in [-0.05, 0) is 67.6 Å². The first kappa shape index (κ1) is 21.6. The van der Waals surface area contributed by atoms with Gasteiger partial charge < -0.3 is 4.42 Å². The third kappa shape index (κ3) is 3.35. The largest absolute Gasteiger partial charge is 0.437 e. The number of benzene rings is 3. The molecule has 0 bridgehead atoms. The molecule has 0 fully saturated rings. The Kier molecular flexibility index (Phi) is 4.99. The molecule has 0 aliphatic carbocycles. The van der Waals surface area contributed by atoms with Crippen LogP contribution in [-0.2, 0) is 13.5 Å². The van der Waals surface area contributed by atoms with Crippen LogP contribution in [0, 0.1) is 19.8 Å². The van der Waals surface area contributed by atoms with Crippen molar-refractivity contribution in [1.82, 2.24) is 9.55 Å². The Morgan fingerprint density at radius 1 is 0.857 bits per heavy atom. The van der Waals surface area contributed by atoms with E-state index in [9.17, 15) is 0 Å². The minimum atomic E-state index is 0.547. The summed E-state index contributed by atoms with van der Waals surface area (Å²) in [6.45, 7) is 8.77. The molecule has 3 heterocycles. The molecular formula is C31H30N3O+. The van der Waals surface area contributed by atoms with E-state index in [0.717, 1.165) is 39.9 Å². The minimum Gasteiger partial charge on any atom is -0.437 e. The van der Waals surface area contributed by atoms with Gasteiger partial charge in [-0.25, -0.2) is 9.55 Å². The van der Waals surface area contributed by atoms with Gasteiger partial charge in [0.05, 0.1) is 7.05 Å². The van der Waals surface area contributed by atoms with Crippen LogP contribution >= 0.6 is 0 Å². The number of nitrogens with zero attached hydrogens (tertiary/aromatic N) is 3. The van der Waals surface area contributed by atoms with Crippen molar-refractivity contribution in [2.45, 2.75) is 34.1 Å². The van der Waals surface area contributed by atoms with Gasteiger partial charge in [-0.3, -0.25) is 0 Å². The summed E-state index contributed by atoms with van der Waals surface area (Å²) in [5, 5.41) is 2.17. The fourth-order valence-corrected chi connectivity index (χ4v) is 5.32. The third-order valence-electron chi connectivity index (χ3n) is 6.98. The highest BCUT2D eigenvalue weighted by Crippen LogP contribution is 2.39. The molecule has 35 heavy (non-hydrogen) atoms. The smallest absolute Gasteiger partial charge is 0.298 e. The van der Waals surface area contributed by atoms with Crippen molar-refractivity contribution >= 4 is 33.1 Å². The number of para-hydroxylation sites is 3. The van der Waals surface area contributed by atoms with Crippen LogP contribution < -0.4 is 4.57 Å². The maximum absolute atomic E-state index is 6.58. The Balaban J connectivity index is 1.72. The van der Waals surface area contributed by atoms with Gasteiger partial charge >= 0.3 is 0 Å². The lowest BCUT2D eigenvalue weighted by Gasteiger charge is -2.09. The summed E-state index contributed by atoms with van der Waals surface area (Å²) >= 11 is 0. The maximum atomic E-state index is 6.58. The number of aromatic nitrogens is 3. The molecule has 0 N–H and O–H groups in total. The Hall–Kier alpha value is -3.92. The molecule has 4 heteroatoms. The SMILES string of the molecule is Cc1ccccc1-n1c(-c2c(C)ccc3c2oc2nc(CC(C)C)ccc23)[n+](C)c2ccccc21. The van der Waals surface area contributed by atoms with Gasteiger partial charge in [0.25, 0.3) is 5.82 Å². The van der Waals surface area contributed by atoms with E-state index in [-0.39, 0.29) is 0 Å². The highest BCUT2D eigenvalue weighted by Gasteiger charge is 2.30. The molecule has 0 aliphatic rings. The number of pyridine rings is 1. The normalized spacial score (nSPS) is 11.9. The second kappa shape index (κ2) is 8.09. The molecule has 0 spiro atoms. The highest BCUT2D eigenvalue weighted by molar-refractivity contribution is 6.09. The average Bonchev–Trinajstić information content (AvgIpc) is 3.34. The molecule has 0 saturated heterocycles. The van der Waals surface area contributed by atoms with Crippen molar-refractivity contribution < 1.29 is 8.98 Å². The van der Waals surface area contributed by atoms with Gasteiger partial charge in [-0.1, -0.05) is 56.3 Å². The highest BCUT2D eigenvalue weighted by atomic mass is 16.3. The Morgan fingerprint density at radius 2 is 1.60 bits per heavy atom. The van der Waals surface area contributed by atoms with Crippen LogP contribution in [0.2, 0.25) is 0 Å². The second-order valence-corrected chi connectivity index (χ2v) is 9.98. The van der Waals surface area contributed by atoms with Crippen LogP contribution in [0.4, 0.5) is 0 Å². The second-order valence-electron chi connectivity index (χ2n) is 9.98. The number of imidazole rings is 1. The number of furan rings is 1. The Labute approximate surface area is 205 Å². The van der Waals surface area contributed by atoms with E-state index in [0.29, 0.717) is 11.6 Å². The summed E-state index contributed by atoms with van der Waals surface area (Å²) in [7, 11) is 2.15.